The van der Waals surface area contributed by atoms with Gasteiger partial charge < -0.3 is 20.7 Å². The SMILES string of the molecule is N[C@@H](c1cc(Cl)c(Cl)cc1OC(=O)C(F)(F)F)C1CCN(C(=O)C2CNC2)CC1. The molecule has 2 heterocycles. The van der Waals surface area contributed by atoms with Crippen molar-refractivity contribution in [1.29, 1.82) is 0 Å². The number of carbonyl (C=O) groups is 2. The molecule has 0 spiro atoms. The zero-order chi connectivity index (χ0) is 21.3. The molecule has 0 bridgehead atoms. The normalized spacial score (nSPS) is 19.6. The molecule has 29 heavy (non-hydrogen) atoms. The summed E-state index contributed by atoms with van der Waals surface area (Å²) >= 11 is 11.9. The summed E-state index contributed by atoms with van der Waals surface area (Å²) in [4.78, 5) is 25.4. The molecule has 0 saturated carbocycles. The molecule has 2 fully saturated rings. The van der Waals surface area contributed by atoms with Crippen LogP contribution in [0.5, 0.6) is 5.75 Å². The molecule has 6 nitrogen and oxygen atoms in total. The largest absolute Gasteiger partial charge is 0.491 e. The van der Waals surface area contributed by atoms with Crippen LogP contribution < -0.4 is 15.8 Å². The molecule has 2 aliphatic heterocycles. The van der Waals surface area contributed by atoms with Gasteiger partial charge in [0.15, 0.2) is 0 Å². The Kier molecular flexibility index (Phi) is 6.62. The van der Waals surface area contributed by atoms with Crippen LogP contribution in [0, 0.1) is 11.8 Å². The minimum absolute atomic E-state index is 0.00341. The van der Waals surface area contributed by atoms with E-state index in [0.717, 1.165) is 6.07 Å². The van der Waals surface area contributed by atoms with Crippen LogP contribution in [-0.2, 0) is 9.59 Å². The van der Waals surface area contributed by atoms with Crippen molar-refractivity contribution in [3.63, 3.8) is 0 Å². The van der Waals surface area contributed by atoms with Gasteiger partial charge in [0.2, 0.25) is 5.91 Å². The Labute approximate surface area is 175 Å². The highest BCUT2D eigenvalue weighted by atomic mass is 35.5. The molecule has 3 rings (SSSR count). The molecule has 1 atom stereocenters. The number of hydrogen-bond donors (Lipinski definition) is 2. The molecule has 0 radical (unpaired) electrons. The van der Waals surface area contributed by atoms with Gasteiger partial charge in [-0.1, -0.05) is 23.2 Å². The molecule has 11 heteroatoms. The Balaban J connectivity index is 1.73. The third kappa shape index (κ3) is 4.96. The van der Waals surface area contributed by atoms with Gasteiger partial charge in [-0.2, -0.15) is 13.2 Å². The van der Waals surface area contributed by atoms with Crippen molar-refractivity contribution in [2.75, 3.05) is 26.2 Å². The average Bonchev–Trinajstić information content (AvgIpc) is 2.61. The molecule has 0 aromatic heterocycles. The number of nitrogens with two attached hydrogens (primary N) is 1. The number of nitrogens with zero attached hydrogens (tertiary/aromatic N) is 1. The fourth-order valence-corrected chi connectivity index (χ4v) is 3.83. The number of likely N-dealkylation sites (tertiary alicyclic amines) is 1. The summed E-state index contributed by atoms with van der Waals surface area (Å²) in [6.07, 6.45) is -4.02. The topological polar surface area (TPSA) is 84.7 Å². The van der Waals surface area contributed by atoms with E-state index in [4.69, 9.17) is 28.9 Å². The molecule has 1 amide bonds. The number of halogens is 5. The van der Waals surface area contributed by atoms with Gasteiger partial charge in [-0.25, -0.2) is 4.79 Å². The van der Waals surface area contributed by atoms with E-state index in [9.17, 15) is 22.8 Å². The lowest BCUT2D eigenvalue weighted by molar-refractivity contribution is -0.189. The van der Waals surface area contributed by atoms with Gasteiger partial charge >= 0.3 is 12.1 Å². The second kappa shape index (κ2) is 8.67. The Morgan fingerprint density at radius 1 is 1.17 bits per heavy atom. The van der Waals surface area contributed by atoms with E-state index in [2.05, 4.69) is 10.1 Å². The molecule has 0 unspecified atom stereocenters. The summed E-state index contributed by atoms with van der Waals surface area (Å²) in [5.41, 5.74) is 6.48. The maximum absolute atomic E-state index is 12.6. The average molecular weight is 454 g/mol. The number of benzene rings is 1. The first kappa shape index (κ1) is 22.1. The smallest absolute Gasteiger partial charge is 0.419 e. The quantitative estimate of drug-likeness (QED) is 0.540. The van der Waals surface area contributed by atoms with Gasteiger partial charge in [0.05, 0.1) is 16.0 Å². The Morgan fingerprint density at radius 2 is 1.76 bits per heavy atom. The number of ether oxygens (including phenoxy) is 1. The minimum Gasteiger partial charge on any atom is -0.419 e. The number of esters is 1. The van der Waals surface area contributed by atoms with E-state index in [0.29, 0.717) is 39.0 Å². The van der Waals surface area contributed by atoms with Gasteiger partial charge in [-0.05, 0) is 24.8 Å². The van der Waals surface area contributed by atoms with Crippen molar-refractivity contribution >= 4 is 35.1 Å². The van der Waals surface area contributed by atoms with Crippen molar-refractivity contribution in [1.82, 2.24) is 10.2 Å². The van der Waals surface area contributed by atoms with Gasteiger partial charge in [0.1, 0.15) is 5.75 Å². The van der Waals surface area contributed by atoms with Crippen molar-refractivity contribution in [3.05, 3.63) is 27.7 Å². The van der Waals surface area contributed by atoms with E-state index in [1.807, 2.05) is 0 Å². The van der Waals surface area contributed by atoms with E-state index < -0.39 is 18.2 Å². The Hall–Kier alpha value is -1.55. The number of rotatable bonds is 4. The number of piperidine rings is 1. The van der Waals surface area contributed by atoms with Gasteiger partial charge in [0, 0.05) is 43.9 Å². The number of nitrogens with one attached hydrogen (secondary N) is 1. The highest BCUT2D eigenvalue weighted by molar-refractivity contribution is 6.42. The van der Waals surface area contributed by atoms with E-state index in [-0.39, 0.29) is 39.1 Å². The van der Waals surface area contributed by atoms with Crippen molar-refractivity contribution in [2.45, 2.75) is 25.1 Å². The molecule has 1 aromatic carbocycles. The predicted octanol–water partition coefficient (Wildman–Crippen LogP) is 2.92. The maximum atomic E-state index is 12.6. The summed E-state index contributed by atoms with van der Waals surface area (Å²) in [5.74, 6) is -2.75. The standard InChI is InChI=1S/C18H20Cl2F3N3O3/c19-12-5-11(14(6-13(12)20)29-17(28)18(21,22)23)15(24)9-1-3-26(4-2-9)16(27)10-7-25-8-10/h5-6,9-10,15,25H,1-4,7-8,24H2/t15-/m1/s1. The highest BCUT2D eigenvalue weighted by Crippen LogP contribution is 2.39. The van der Waals surface area contributed by atoms with Crippen molar-refractivity contribution < 1.29 is 27.5 Å². The monoisotopic (exact) mass is 453 g/mol. The van der Waals surface area contributed by atoms with E-state index in [1.165, 1.54) is 6.07 Å². The predicted molar refractivity (Wildman–Crippen MR) is 101 cm³/mol. The summed E-state index contributed by atoms with van der Waals surface area (Å²) < 4.78 is 42.4. The third-order valence-corrected chi connectivity index (χ3v) is 6.06. The third-order valence-electron chi connectivity index (χ3n) is 5.34. The molecule has 160 valence electrons. The zero-order valence-corrected chi connectivity index (χ0v) is 16.8. The summed E-state index contributed by atoms with van der Waals surface area (Å²) in [6, 6.07) is 1.65. The zero-order valence-electron chi connectivity index (χ0n) is 15.3. The molecular weight excluding hydrogens is 434 g/mol. The molecule has 1 aromatic rings. The minimum atomic E-state index is -5.16. The lowest BCUT2D eigenvalue weighted by atomic mass is 9.85. The Bertz CT molecular complexity index is 795. The maximum Gasteiger partial charge on any atom is 0.491 e. The second-order valence-electron chi connectivity index (χ2n) is 7.24. The summed E-state index contributed by atoms with van der Waals surface area (Å²) in [5, 5.41) is 3.10. The van der Waals surface area contributed by atoms with Gasteiger partial charge in [-0.15, -0.1) is 0 Å². The lowest BCUT2D eigenvalue weighted by Crippen LogP contribution is -2.53. The van der Waals surface area contributed by atoms with Crippen LogP contribution in [0.1, 0.15) is 24.4 Å². The lowest BCUT2D eigenvalue weighted by Gasteiger charge is -2.38. The number of carbonyl (C=O) groups excluding carboxylic acids is 2. The molecule has 2 aliphatic rings. The number of amides is 1. The molecular formula is C18H20Cl2F3N3O3. The number of hydrogen-bond acceptors (Lipinski definition) is 5. The van der Waals surface area contributed by atoms with Crippen LogP contribution >= 0.6 is 23.2 Å². The fourth-order valence-electron chi connectivity index (χ4n) is 3.50. The first-order valence-electron chi connectivity index (χ1n) is 9.11. The van der Waals surface area contributed by atoms with E-state index >= 15 is 0 Å². The van der Waals surface area contributed by atoms with Crippen LogP contribution in [0.15, 0.2) is 12.1 Å². The van der Waals surface area contributed by atoms with Crippen molar-refractivity contribution in [2.24, 2.45) is 17.6 Å². The van der Waals surface area contributed by atoms with E-state index in [1.54, 1.807) is 4.90 Å². The highest BCUT2D eigenvalue weighted by Gasteiger charge is 2.42. The fraction of sp³-hybridized carbons (Fsp3) is 0.556. The van der Waals surface area contributed by atoms with Crippen LogP contribution in [0.25, 0.3) is 0 Å². The van der Waals surface area contributed by atoms with Crippen LogP contribution in [0.2, 0.25) is 10.0 Å². The van der Waals surface area contributed by atoms with Gasteiger partial charge in [-0.3, -0.25) is 4.79 Å². The molecule has 0 aliphatic carbocycles. The van der Waals surface area contributed by atoms with Crippen LogP contribution in [0.3, 0.4) is 0 Å². The number of alkyl halides is 3. The second-order valence-corrected chi connectivity index (χ2v) is 8.05. The van der Waals surface area contributed by atoms with Crippen molar-refractivity contribution in [3.8, 4) is 5.75 Å². The molecule has 2 saturated heterocycles. The van der Waals surface area contributed by atoms with Crippen LogP contribution in [-0.4, -0.2) is 49.1 Å². The summed E-state index contributed by atoms with van der Waals surface area (Å²) in [7, 11) is 0. The van der Waals surface area contributed by atoms with Crippen LogP contribution in [0.4, 0.5) is 13.2 Å². The first-order valence-corrected chi connectivity index (χ1v) is 9.86. The first-order chi connectivity index (χ1) is 13.6. The molecule has 3 N–H and O–H groups in total. The van der Waals surface area contributed by atoms with Gasteiger partial charge in [0.25, 0.3) is 0 Å². The Morgan fingerprint density at radius 3 is 2.28 bits per heavy atom. The summed E-state index contributed by atoms with van der Waals surface area (Å²) in [6.45, 7) is 2.37.